The van der Waals surface area contributed by atoms with E-state index in [2.05, 4.69) is 22.7 Å². The normalized spacial score (nSPS) is 10.6. The smallest absolute Gasteiger partial charge is 0.257 e. The molecule has 1 aromatic heterocycles. The third-order valence-electron chi connectivity index (χ3n) is 5.06. The number of hydrogen-bond donors (Lipinski definition) is 2. The molecule has 0 aliphatic heterocycles. The summed E-state index contributed by atoms with van der Waals surface area (Å²) >= 11 is 0. The Morgan fingerprint density at radius 3 is 2.31 bits per heavy atom. The molecule has 150 valence electrons. The van der Waals surface area contributed by atoms with Crippen LogP contribution in [-0.2, 0) is 24.7 Å². The van der Waals surface area contributed by atoms with Crippen LogP contribution in [0.2, 0.25) is 0 Å². The van der Waals surface area contributed by atoms with Crippen LogP contribution in [0.1, 0.15) is 39.8 Å². The number of rotatable bonds is 6. The third-order valence-corrected chi connectivity index (χ3v) is 5.06. The van der Waals surface area contributed by atoms with Crippen LogP contribution < -0.4 is 10.6 Å². The molecule has 2 amide bonds. The molecule has 0 radical (unpaired) electrons. The Morgan fingerprint density at radius 1 is 1.00 bits per heavy atom. The van der Waals surface area contributed by atoms with Gasteiger partial charge < -0.3 is 10.6 Å². The predicted octanol–water partition coefficient (Wildman–Crippen LogP) is 4.03. The molecular weight excluding hydrogens is 364 g/mol. The lowest BCUT2D eigenvalue weighted by Crippen LogP contribution is -2.20. The van der Waals surface area contributed by atoms with Crippen molar-refractivity contribution in [1.29, 1.82) is 0 Å². The SMILES string of the molecule is CCc1ccc(NC(=O)c2ccccc2NC(=O)Cc2c(C)nn(C)c2C)cc1. The molecule has 0 aliphatic rings. The van der Waals surface area contributed by atoms with E-state index < -0.39 is 0 Å². The molecule has 0 bridgehead atoms. The third kappa shape index (κ3) is 4.71. The first-order valence-electron chi connectivity index (χ1n) is 9.67. The van der Waals surface area contributed by atoms with Crippen LogP contribution in [0.15, 0.2) is 48.5 Å². The molecule has 3 rings (SSSR count). The van der Waals surface area contributed by atoms with Gasteiger partial charge in [0.15, 0.2) is 0 Å². The molecule has 0 fully saturated rings. The number of aryl methyl sites for hydroxylation is 3. The predicted molar refractivity (Wildman–Crippen MR) is 115 cm³/mol. The van der Waals surface area contributed by atoms with Gasteiger partial charge in [-0.2, -0.15) is 5.10 Å². The summed E-state index contributed by atoms with van der Waals surface area (Å²) < 4.78 is 1.77. The van der Waals surface area contributed by atoms with Crippen LogP contribution in [0.25, 0.3) is 0 Å². The summed E-state index contributed by atoms with van der Waals surface area (Å²) in [5.41, 5.74) is 5.52. The number of anilines is 2. The molecule has 0 unspecified atom stereocenters. The van der Waals surface area contributed by atoms with E-state index in [9.17, 15) is 9.59 Å². The minimum absolute atomic E-state index is 0.184. The molecule has 0 spiro atoms. The highest BCUT2D eigenvalue weighted by Gasteiger charge is 2.17. The molecule has 0 saturated carbocycles. The topological polar surface area (TPSA) is 76.0 Å². The highest BCUT2D eigenvalue weighted by atomic mass is 16.2. The molecular formula is C23H26N4O2. The maximum atomic E-state index is 12.8. The molecule has 2 aromatic carbocycles. The van der Waals surface area contributed by atoms with Gasteiger partial charge >= 0.3 is 0 Å². The Kier molecular flexibility index (Phi) is 6.12. The van der Waals surface area contributed by atoms with Crippen molar-refractivity contribution in [2.24, 2.45) is 7.05 Å². The Bertz CT molecular complexity index is 1040. The number of aromatic nitrogens is 2. The van der Waals surface area contributed by atoms with E-state index in [0.717, 1.165) is 29.1 Å². The lowest BCUT2D eigenvalue weighted by Gasteiger charge is -2.12. The molecule has 6 heteroatoms. The van der Waals surface area contributed by atoms with Gasteiger partial charge in [0.1, 0.15) is 0 Å². The maximum absolute atomic E-state index is 12.8. The van der Waals surface area contributed by atoms with Crippen molar-refractivity contribution in [2.45, 2.75) is 33.6 Å². The van der Waals surface area contributed by atoms with E-state index in [1.807, 2.05) is 45.2 Å². The van der Waals surface area contributed by atoms with Gasteiger partial charge in [-0.3, -0.25) is 14.3 Å². The quantitative estimate of drug-likeness (QED) is 0.667. The average molecular weight is 390 g/mol. The van der Waals surface area contributed by atoms with Crippen molar-refractivity contribution in [3.05, 3.63) is 76.6 Å². The van der Waals surface area contributed by atoms with Crippen LogP contribution in [-0.4, -0.2) is 21.6 Å². The van der Waals surface area contributed by atoms with Crippen LogP contribution in [0.5, 0.6) is 0 Å². The number of nitrogens with zero attached hydrogens (tertiary/aromatic N) is 2. The zero-order valence-electron chi connectivity index (χ0n) is 17.2. The average Bonchev–Trinajstić information content (AvgIpc) is 2.95. The largest absolute Gasteiger partial charge is 0.325 e. The Balaban J connectivity index is 1.73. The van der Waals surface area contributed by atoms with Gasteiger partial charge in [0.05, 0.1) is 23.4 Å². The summed E-state index contributed by atoms with van der Waals surface area (Å²) in [5.74, 6) is -0.448. The second-order valence-corrected chi connectivity index (χ2v) is 7.05. The van der Waals surface area contributed by atoms with E-state index in [1.165, 1.54) is 5.56 Å². The fourth-order valence-electron chi connectivity index (χ4n) is 3.24. The van der Waals surface area contributed by atoms with E-state index in [1.54, 1.807) is 28.9 Å². The fraction of sp³-hybridized carbons (Fsp3) is 0.261. The lowest BCUT2D eigenvalue weighted by molar-refractivity contribution is -0.115. The summed E-state index contributed by atoms with van der Waals surface area (Å²) in [5, 5.41) is 10.1. The molecule has 2 N–H and O–H groups in total. The second-order valence-electron chi connectivity index (χ2n) is 7.05. The standard InChI is InChI=1S/C23H26N4O2/c1-5-17-10-12-18(13-11-17)24-23(29)19-8-6-7-9-21(19)25-22(28)14-20-15(2)26-27(4)16(20)3/h6-13H,5,14H2,1-4H3,(H,24,29)(H,25,28). The molecule has 1 heterocycles. The first-order chi connectivity index (χ1) is 13.9. The van der Waals surface area contributed by atoms with E-state index >= 15 is 0 Å². The van der Waals surface area contributed by atoms with Crippen molar-refractivity contribution >= 4 is 23.2 Å². The van der Waals surface area contributed by atoms with Crippen molar-refractivity contribution in [2.75, 3.05) is 10.6 Å². The molecule has 29 heavy (non-hydrogen) atoms. The molecule has 0 atom stereocenters. The monoisotopic (exact) mass is 390 g/mol. The Labute approximate surface area is 170 Å². The van der Waals surface area contributed by atoms with Gasteiger partial charge in [-0.1, -0.05) is 31.2 Å². The molecule has 0 saturated heterocycles. The van der Waals surface area contributed by atoms with Crippen molar-refractivity contribution < 1.29 is 9.59 Å². The lowest BCUT2D eigenvalue weighted by atomic mass is 10.1. The second kappa shape index (κ2) is 8.73. The van der Waals surface area contributed by atoms with Gasteiger partial charge in [-0.05, 0) is 50.1 Å². The Morgan fingerprint density at radius 2 is 1.69 bits per heavy atom. The van der Waals surface area contributed by atoms with Gasteiger partial charge in [0.25, 0.3) is 5.91 Å². The van der Waals surface area contributed by atoms with Crippen LogP contribution in [0, 0.1) is 13.8 Å². The van der Waals surface area contributed by atoms with E-state index in [-0.39, 0.29) is 18.2 Å². The number of carbonyl (C=O) groups excluding carboxylic acids is 2. The maximum Gasteiger partial charge on any atom is 0.257 e. The number of carbonyl (C=O) groups is 2. The van der Waals surface area contributed by atoms with Crippen molar-refractivity contribution in [3.8, 4) is 0 Å². The zero-order chi connectivity index (χ0) is 21.0. The summed E-state index contributed by atoms with van der Waals surface area (Å²) in [7, 11) is 1.86. The van der Waals surface area contributed by atoms with Crippen molar-refractivity contribution in [1.82, 2.24) is 9.78 Å². The summed E-state index contributed by atoms with van der Waals surface area (Å²) in [4.78, 5) is 25.4. The number of hydrogen-bond acceptors (Lipinski definition) is 3. The minimum Gasteiger partial charge on any atom is -0.325 e. The number of nitrogens with one attached hydrogen (secondary N) is 2. The van der Waals surface area contributed by atoms with Gasteiger partial charge in [0.2, 0.25) is 5.91 Å². The summed E-state index contributed by atoms with van der Waals surface area (Å²) in [6.07, 6.45) is 1.15. The number of benzene rings is 2. The zero-order valence-corrected chi connectivity index (χ0v) is 17.2. The highest BCUT2D eigenvalue weighted by molar-refractivity contribution is 6.10. The van der Waals surface area contributed by atoms with Crippen molar-refractivity contribution in [3.63, 3.8) is 0 Å². The summed E-state index contributed by atoms with van der Waals surface area (Å²) in [6.45, 7) is 5.91. The number of amides is 2. The first-order valence-corrected chi connectivity index (χ1v) is 9.67. The number of para-hydroxylation sites is 1. The van der Waals surface area contributed by atoms with Gasteiger partial charge in [-0.15, -0.1) is 0 Å². The first kappa shape index (κ1) is 20.3. The van der Waals surface area contributed by atoms with Gasteiger partial charge in [-0.25, -0.2) is 0 Å². The van der Waals surface area contributed by atoms with E-state index in [0.29, 0.717) is 11.3 Å². The molecule has 3 aromatic rings. The van der Waals surface area contributed by atoms with E-state index in [4.69, 9.17) is 0 Å². The van der Waals surface area contributed by atoms with Crippen LogP contribution in [0.3, 0.4) is 0 Å². The molecule has 0 aliphatic carbocycles. The highest BCUT2D eigenvalue weighted by Crippen LogP contribution is 2.19. The fourth-order valence-corrected chi connectivity index (χ4v) is 3.24. The van der Waals surface area contributed by atoms with Crippen LogP contribution in [0.4, 0.5) is 11.4 Å². The van der Waals surface area contributed by atoms with Gasteiger partial charge in [0, 0.05) is 24.0 Å². The summed E-state index contributed by atoms with van der Waals surface area (Å²) in [6, 6.07) is 14.7. The molecule has 6 nitrogen and oxygen atoms in total. The minimum atomic E-state index is -0.265. The van der Waals surface area contributed by atoms with Crippen LogP contribution >= 0.6 is 0 Å². The Hall–Kier alpha value is -3.41.